The van der Waals surface area contributed by atoms with Gasteiger partial charge in [-0.3, -0.25) is 24.0 Å². The molecule has 4 aromatic rings. The van der Waals surface area contributed by atoms with Crippen LogP contribution in [-0.4, -0.2) is 165 Å². The molecule has 6 N–H and O–H groups in total. The predicted molar refractivity (Wildman–Crippen MR) is 271 cm³/mol. The van der Waals surface area contributed by atoms with Crippen molar-refractivity contribution < 1.29 is 78.0 Å². The van der Waals surface area contributed by atoms with Crippen LogP contribution in [0.3, 0.4) is 0 Å². The molecule has 0 aromatic heterocycles. The Morgan fingerprint density at radius 2 is 1.49 bits per heavy atom. The molecule has 19 nitrogen and oxygen atoms in total. The van der Waals surface area contributed by atoms with E-state index in [9.17, 15) is 39.9 Å². The summed E-state index contributed by atoms with van der Waals surface area (Å²) < 4.78 is 37.3. The molecule has 0 radical (unpaired) electrons. The van der Waals surface area contributed by atoms with E-state index in [1.165, 1.54) is 17.0 Å². The van der Waals surface area contributed by atoms with Crippen LogP contribution in [0.4, 0.5) is 0 Å². The molecule has 4 heterocycles. The maximum atomic E-state index is 16.2. The van der Waals surface area contributed by atoms with E-state index >= 15 is 4.79 Å². The van der Waals surface area contributed by atoms with Crippen molar-refractivity contribution in [1.82, 2.24) is 15.3 Å². The number of nitrogens with one attached hydrogen (secondary N) is 1. The monoisotopic (exact) mass is 1050 g/mol. The van der Waals surface area contributed by atoms with E-state index in [1.54, 1.807) is 32.9 Å². The highest BCUT2D eigenvalue weighted by Gasteiger charge is 2.77. The first-order valence-corrected chi connectivity index (χ1v) is 25.7. The maximum Gasteiger partial charge on any atom is 0.327 e. The highest BCUT2D eigenvalue weighted by Crippen LogP contribution is 2.60. The molecular weight excluding hydrogens is 983 g/mol. The molecule has 0 spiro atoms. The van der Waals surface area contributed by atoms with Crippen molar-refractivity contribution in [3.8, 4) is 0 Å². The van der Waals surface area contributed by atoms with Gasteiger partial charge in [0.05, 0.1) is 32.4 Å². The number of hydrogen-bond donors (Lipinski definition) is 6. The van der Waals surface area contributed by atoms with Gasteiger partial charge < -0.3 is 64.2 Å². The largest absolute Gasteiger partial charge is 0.460 e. The number of amides is 2. The fourth-order valence-electron chi connectivity index (χ4n) is 11.1. The minimum Gasteiger partial charge on any atom is -0.460 e. The van der Waals surface area contributed by atoms with Crippen LogP contribution < -0.4 is 5.32 Å². The molecule has 5 aliphatic rings. The van der Waals surface area contributed by atoms with Crippen molar-refractivity contribution in [2.75, 3.05) is 26.9 Å². The normalized spacial score (nSPS) is 29.5. The number of ether oxygens (including phenoxy) is 6. The first-order chi connectivity index (χ1) is 36.5. The fourth-order valence-corrected chi connectivity index (χ4v) is 11.1. The van der Waals surface area contributed by atoms with Gasteiger partial charge in [-0.25, -0.2) is 0 Å². The molecule has 1 aliphatic carbocycles. The number of aliphatic hydroxyl groups excluding tert-OH is 5. The van der Waals surface area contributed by atoms with Crippen LogP contribution in [0.15, 0.2) is 121 Å². The second kappa shape index (κ2) is 23.0. The van der Waals surface area contributed by atoms with Crippen molar-refractivity contribution in [3.63, 3.8) is 0 Å². The third kappa shape index (κ3) is 11.0. The second-order valence-electron chi connectivity index (χ2n) is 21.0. The van der Waals surface area contributed by atoms with Gasteiger partial charge in [0.2, 0.25) is 17.6 Å². The average molecular weight is 1050 g/mol. The van der Waals surface area contributed by atoms with E-state index in [0.717, 1.165) is 5.56 Å². The van der Waals surface area contributed by atoms with Gasteiger partial charge in [-0.15, -0.1) is 0 Å². The van der Waals surface area contributed by atoms with Crippen LogP contribution in [0, 0.1) is 5.41 Å². The Kier molecular flexibility index (Phi) is 16.6. The number of hydrogen-bond acceptors (Lipinski definition) is 17. The third-order valence-electron chi connectivity index (χ3n) is 14.8. The number of hydroxylamine groups is 2. The van der Waals surface area contributed by atoms with E-state index < -0.39 is 127 Å². The van der Waals surface area contributed by atoms with Crippen LogP contribution in [0.5, 0.6) is 0 Å². The number of likely N-dealkylation sites (N-methyl/N-ethyl adjacent to an activating group) is 1. The number of fused-ring (bicyclic) bond motifs is 4. The highest BCUT2D eigenvalue weighted by molar-refractivity contribution is 5.96. The van der Waals surface area contributed by atoms with Crippen molar-refractivity contribution in [2.24, 2.45) is 5.41 Å². The van der Waals surface area contributed by atoms with Gasteiger partial charge in [0.1, 0.15) is 65.9 Å². The SMILES string of the molecule is CN(C(=O)[C@@]12C[C@H]3OC(=O)[C@@H]1N(Cc1ccccc1C=CCO[C@H]1O[C@H](CO)[C@H](O)[C@H](O)[C@H]1O)O[C@@H]2[C@H]1OC(c2ccccc2)(c2ccccc2)O[C@H]13)[C@H](Cc1ccccc1)C(=O)N[C@H](CO)CCC(=O)OC(C)(C)C. The molecule has 2 amide bonds. The maximum absolute atomic E-state index is 16.2. The zero-order valence-corrected chi connectivity index (χ0v) is 42.8. The van der Waals surface area contributed by atoms with Crippen LogP contribution in [0.1, 0.15) is 67.9 Å². The summed E-state index contributed by atoms with van der Waals surface area (Å²) in [4.78, 5) is 67.0. The van der Waals surface area contributed by atoms with Crippen molar-refractivity contribution in [3.05, 3.63) is 149 Å². The van der Waals surface area contributed by atoms with E-state index in [2.05, 4.69) is 5.32 Å². The lowest BCUT2D eigenvalue weighted by Gasteiger charge is -2.50. The predicted octanol–water partition coefficient (Wildman–Crippen LogP) is 2.67. The van der Waals surface area contributed by atoms with Crippen LogP contribution >= 0.6 is 0 Å². The summed E-state index contributed by atoms with van der Waals surface area (Å²) in [6.07, 6.45) is -8.07. The number of esters is 2. The quantitative estimate of drug-likeness (QED) is 0.0739. The number of carbonyl (C=O) groups is 4. The number of rotatable bonds is 19. The number of nitrogens with zero attached hydrogens (tertiary/aromatic N) is 2. The van der Waals surface area contributed by atoms with Gasteiger partial charge in [-0.05, 0) is 43.9 Å². The minimum absolute atomic E-state index is 0.0413. The minimum atomic E-state index is -1.74. The highest BCUT2D eigenvalue weighted by atomic mass is 16.8. The van der Waals surface area contributed by atoms with Crippen LogP contribution in [0.2, 0.25) is 0 Å². The Labute approximate surface area is 440 Å². The molecule has 13 atom stereocenters. The van der Waals surface area contributed by atoms with E-state index in [0.29, 0.717) is 22.3 Å². The van der Waals surface area contributed by atoms with Gasteiger partial charge in [0, 0.05) is 37.4 Å². The second-order valence-corrected chi connectivity index (χ2v) is 21.0. The third-order valence-corrected chi connectivity index (χ3v) is 14.8. The molecule has 2 bridgehead atoms. The molecule has 4 saturated heterocycles. The van der Waals surface area contributed by atoms with Gasteiger partial charge >= 0.3 is 11.9 Å². The summed E-state index contributed by atoms with van der Waals surface area (Å²) in [5, 5.41) is 55.5. The summed E-state index contributed by atoms with van der Waals surface area (Å²) in [5.41, 5.74) is 0.873. The van der Waals surface area contributed by atoms with Crippen LogP contribution in [0.25, 0.3) is 6.08 Å². The Balaban J connectivity index is 1.06. The lowest BCUT2D eigenvalue weighted by molar-refractivity contribution is -0.298. The summed E-state index contributed by atoms with van der Waals surface area (Å²) in [6.45, 7) is 3.96. The lowest BCUT2D eigenvalue weighted by atomic mass is 9.62. The molecule has 406 valence electrons. The number of benzene rings is 4. The van der Waals surface area contributed by atoms with Gasteiger partial charge in [0.25, 0.3) is 0 Å². The topological polar surface area (TPSA) is 253 Å². The Bertz CT molecular complexity index is 2650. The summed E-state index contributed by atoms with van der Waals surface area (Å²) in [5.74, 6) is -3.96. The first kappa shape index (κ1) is 54.8. The Morgan fingerprint density at radius 1 is 0.855 bits per heavy atom. The van der Waals surface area contributed by atoms with Crippen molar-refractivity contribution in [1.29, 1.82) is 0 Å². The lowest BCUT2D eigenvalue weighted by Crippen LogP contribution is -2.70. The Hall–Kier alpha value is -5.94. The van der Waals surface area contributed by atoms with Gasteiger partial charge in [0.15, 0.2) is 12.3 Å². The number of carbonyl (C=O) groups excluding carboxylic acids is 4. The number of aliphatic hydroxyl groups is 5. The Morgan fingerprint density at radius 3 is 2.13 bits per heavy atom. The zero-order valence-electron chi connectivity index (χ0n) is 42.8. The van der Waals surface area contributed by atoms with E-state index in [1.807, 2.05) is 115 Å². The standard InChI is InChI=1S/C57H67N3O16/c1-55(2,3)73-43(63)27-26-39(32-61)58-51(67)40(29-34-17-8-5-9-18-34)59(4)54(69)56-30-41-47-48(75-57(74-47,37-22-10-6-11-23-37)38-24-12-7-13-25-38)50(56)76-60(49(56)52(68)71-41)31-36-20-15-14-19-35(36)21-16-28-70-53-46(66)45(65)44(64)42(33-62)72-53/h5-25,39-42,44-50,53,61-62,64-66H,26-33H2,1-4H3,(H,58,67)/t39-,40+,41+,42+,44-,45-,46+,47-,48-,49-,50+,53-,56-/m0/s1. The van der Waals surface area contributed by atoms with Crippen molar-refractivity contribution >= 4 is 29.8 Å². The van der Waals surface area contributed by atoms with Crippen molar-refractivity contribution in [2.45, 2.75) is 138 Å². The molecule has 1 saturated carbocycles. The summed E-state index contributed by atoms with van der Waals surface area (Å²) >= 11 is 0. The van der Waals surface area contributed by atoms with E-state index in [-0.39, 0.29) is 38.8 Å². The fraction of sp³-hybridized carbons (Fsp3) is 0.474. The zero-order chi connectivity index (χ0) is 53.9. The van der Waals surface area contributed by atoms with E-state index in [4.69, 9.17) is 33.3 Å². The van der Waals surface area contributed by atoms with Gasteiger partial charge in [-0.1, -0.05) is 127 Å². The average Bonchev–Trinajstić information content (AvgIpc) is 4.00. The molecule has 5 fully saturated rings. The molecule has 0 unspecified atom stereocenters. The smallest absolute Gasteiger partial charge is 0.327 e. The molecule has 19 heteroatoms. The molecule has 4 aromatic carbocycles. The summed E-state index contributed by atoms with van der Waals surface area (Å²) in [7, 11) is 1.51. The molecule has 76 heavy (non-hydrogen) atoms. The molecular formula is C57H67N3O16. The van der Waals surface area contributed by atoms with Gasteiger partial charge in [-0.2, -0.15) is 5.06 Å². The molecule has 4 aliphatic heterocycles. The summed E-state index contributed by atoms with van der Waals surface area (Å²) in [6, 6.07) is 31.7. The van der Waals surface area contributed by atoms with Crippen LogP contribution in [-0.2, 0) is 71.2 Å². The first-order valence-electron chi connectivity index (χ1n) is 25.7. The molecule has 9 rings (SSSR count).